The summed E-state index contributed by atoms with van der Waals surface area (Å²) in [7, 11) is 3.75. The van der Waals surface area contributed by atoms with Crippen molar-refractivity contribution in [1.29, 1.82) is 0 Å². The van der Waals surface area contributed by atoms with Crippen molar-refractivity contribution in [3.63, 3.8) is 0 Å². The van der Waals surface area contributed by atoms with E-state index in [9.17, 15) is 0 Å². The Bertz CT molecular complexity index is 2880. The number of nitrogens with one attached hydrogen (secondary N) is 1. The number of allylic oxidation sites excluding steroid dienone is 1. The molecule has 1 N–H and O–H groups in total. The minimum atomic E-state index is -0.130. The highest BCUT2D eigenvalue weighted by Crippen LogP contribution is 2.46. The van der Waals surface area contributed by atoms with Gasteiger partial charge < -0.3 is 9.88 Å². The molecule has 0 radical (unpaired) electrons. The smallest absolute Gasteiger partial charge is 0.0866 e. The average Bonchev–Trinajstić information content (AvgIpc) is 3.80. The van der Waals surface area contributed by atoms with Gasteiger partial charge in [-0.1, -0.05) is 146 Å². The Balaban J connectivity index is 0.00000133. The molecule has 1 aliphatic carbocycles. The summed E-state index contributed by atoms with van der Waals surface area (Å²) in [6, 6.07) is 61.5. The number of hydrogen-bond donors (Lipinski definition) is 1. The highest BCUT2D eigenvalue weighted by molar-refractivity contribution is 7.26. The molecule has 56 heavy (non-hydrogen) atoms. The number of nitrogens with zero attached hydrogens (tertiary/aromatic N) is 2. The molecule has 3 nitrogen and oxygen atoms in total. The lowest BCUT2D eigenvalue weighted by Crippen LogP contribution is -2.16. The van der Waals surface area contributed by atoms with Gasteiger partial charge in [0, 0.05) is 48.3 Å². The van der Waals surface area contributed by atoms with E-state index < -0.39 is 0 Å². The molecular weight excluding hydrogens is 699 g/mol. The first kappa shape index (κ1) is 35.4. The maximum Gasteiger partial charge on any atom is 0.0866 e. The number of para-hydroxylation sites is 2. The predicted molar refractivity (Wildman–Crippen MR) is 242 cm³/mol. The third-order valence-corrected chi connectivity index (χ3v) is 12.2. The molecular formula is C52H43N3S. The first-order chi connectivity index (χ1) is 27.7. The van der Waals surface area contributed by atoms with Crippen LogP contribution in [0.1, 0.15) is 39.9 Å². The largest absolute Gasteiger partial charge is 0.329 e. The zero-order valence-electron chi connectivity index (χ0n) is 31.7. The minimum Gasteiger partial charge on any atom is -0.329 e. The highest BCUT2D eigenvalue weighted by atomic mass is 32.1. The second-order valence-electron chi connectivity index (χ2n) is 14.4. The van der Waals surface area contributed by atoms with Crippen LogP contribution in [0, 0.1) is 0 Å². The third-order valence-electron chi connectivity index (χ3n) is 11.0. The quantitative estimate of drug-likeness (QED) is 0.162. The molecule has 0 fully saturated rings. The van der Waals surface area contributed by atoms with E-state index in [0.29, 0.717) is 0 Å². The van der Waals surface area contributed by atoms with Crippen molar-refractivity contribution in [2.75, 3.05) is 14.1 Å². The van der Waals surface area contributed by atoms with Gasteiger partial charge >= 0.3 is 0 Å². The zero-order valence-corrected chi connectivity index (χ0v) is 32.5. The molecule has 9 aromatic rings. The van der Waals surface area contributed by atoms with E-state index >= 15 is 0 Å². The van der Waals surface area contributed by atoms with E-state index in [4.69, 9.17) is 0 Å². The average molecular weight is 742 g/mol. The van der Waals surface area contributed by atoms with E-state index in [1.54, 1.807) is 0 Å². The van der Waals surface area contributed by atoms with Crippen molar-refractivity contribution in [2.45, 2.75) is 18.4 Å². The van der Waals surface area contributed by atoms with Gasteiger partial charge in [-0.2, -0.15) is 0 Å². The Labute approximate surface area is 332 Å². The topological polar surface area (TPSA) is 29.3 Å². The summed E-state index contributed by atoms with van der Waals surface area (Å²) in [5, 5.41) is 6.76. The number of benzene rings is 7. The Morgan fingerprint density at radius 2 is 1.27 bits per heavy atom. The van der Waals surface area contributed by atoms with Crippen molar-refractivity contribution in [3.8, 4) is 22.3 Å². The molecule has 2 unspecified atom stereocenters. The van der Waals surface area contributed by atoms with Crippen LogP contribution in [-0.2, 0) is 6.42 Å². The van der Waals surface area contributed by atoms with Crippen LogP contribution < -0.4 is 5.32 Å². The molecule has 272 valence electrons. The predicted octanol–water partition coefficient (Wildman–Crippen LogP) is 13.5. The maximum atomic E-state index is 4.56. The van der Waals surface area contributed by atoms with Gasteiger partial charge in [-0.3, -0.25) is 4.99 Å². The summed E-state index contributed by atoms with van der Waals surface area (Å²) in [5.74, 6) is 0.277. The lowest BCUT2D eigenvalue weighted by atomic mass is 9.86. The monoisotopic (exact) mass is 741 g/mol. The highest BCUT2D eigenvalue weighted by Gasteiger charge is 2.30. The van der Waals surface area contributed by atoms with Crippen molar-refractivity contribution < 1.29 is 0 Å². The Kier molecular flexibility index (Phi) is 9.75. The summed E-state index contributed by atoms with van der Waals surface area (Å²) in [4.78, 5) is 4.56. The van der Waals surface area contributed by atoms with E-state index in [1.807, 2.05) is 25.4 Å². The Hall–Kier alpha value is -6.33. The molecule has 2 heterocycles. The fraction of sp³-hybridized carbons (Fsp3) is 0.0962. The fourth-order valence-corrected chi connectivity index (χ4v) is 9.80. The van der Waals surface area contributed by atoms with Crippen LogP contribution in [0.25, 0.3) is 59.4 Å². The van der Waals surface area contributed by atoms with Crippen molar-refractivity contribution >= 4 is 60.9 Å². The van der Waals surface area contributed by atoms with Crippen LogP contribution in [0.2, 0.25) is 0 Å². The molecule has 0 saturated carbocycles. The van der Waals surface area contributed by atoms with Crippen LogP contribution >= 0.6 is 11.3 Å². The molecule has 0 amide bonds. The summed E-state index contributed by atoms with van der Waals surface area (Å²) in [6.45, 7) is 4.01. The second-order valence-corrected chi connectivity index (χ2v) is 15.5. The number of thiophene rings is 1. The van der Waals surface area contributed by atoms with E-state index in [2.05, 4.69) is 204 Å². The zero-order chi connectivity index (χ0) is 38.0. The van der Waals surface area contributed by atoms with Crippen LogP contribution in [0.15, 0.2) is 181 Å². The summed E-state index contributed by atoms with van der Waals surface area (Å²) >= 11 is 1.92. The van der Waals surface area contributed by atoms with Gasteiger partial charge in [-0.25, -0.2) is 0 Å². The van der Waals surface area contributed by atoms with Crippen LogP contribution in [0.5, 0.6) is 0 Å². The number of aromatic nitrogens is 1. The Morgan fingerprint density at radius 1 is 0.643 bits per heavy atom. The van der Waals surface area contributed by atoms with Crippen LogP contribution in [0.4, 0.5) is 5.69 Å². The molecule has 0 spiro atoms. The molecule has 0 saturated heterocycles. The lowest BCUT2D eigenvalue weighted by molar-refractivity contribution is 0.689. The van der Waals surface area contributed by atoms with Gasteiger partial charge in [0.2, 0.25) is 0 Å². The second kappa shape index (κ2) is 15.4. The minimum absolute atomic E-state index is 0.130. The standard InChI is InChI=1S/C50H36N2S.C2H7N/c1-51-45-25-8-5-22-43(45)49(38-19-12-18-36(31-38)35-17-11-16-34(30-35)33-14-3-2-4-15-33)52-46-26-9-6-20-40(46)44-32-37(28-29-47(44)52)39-23-13-24-42-41-21-7-10-27-48(41)53-50(39)42;1-3-2/h2-31,37,49H,1,32H2;3H,1-2H3. The number of aliphatic imine (C=N–C) groups is 1. The van der Waals surface area contributed by atoms with Crippen molar-refractivity contribution in [1.82, 2.24) is 9.88 Å². The molecule has 0 bridgehead atoms. The van der Waals surface area contributed by atoms with Gasteiger partial charge in [0.25, 0.3) is 0 Å². The number of rotatable bonds is 7. The Morgan fingerprint density at radius 3 is 2.09 bits per heavy atom. The third kappa shape index (κ3) is 6.37. The van der Waals surface area contributed by atoms with E-state index in [-0.39, 0.29) is 12.0 Å². The molecule has 2 atom stereocenters. The first-order valence-electron chi connectivity index (χ1n) is 19.3. The first-order valence-corrected chi connectivity index (χ1v) is 20.1. The lowest BCUT2D eigenvalue weighted by Gasteiger charge is -2.27. The van der Waals surface area contributed by atoms with Gasteiger partial charge in [0.15, 0.2) is 0 Å². The van der Waals surface area contributed by atoms with E-state index in [0.717, 1.165) is 17.7 Å². The molecule has 1 aliphatic rings. The molecule has 7 aromatic carbocycles. The van der Waals surface area contributed by atoms with Crippen molar-refractivity contribution in [2.24, 2.45) is 4.99 Å². The number of fused-ring (bicyclic) bond motifs is 6. The molecule has 2 aromatic heterocycles. The van der Waals surface area contributed by atoms with Gasteiger partial charge in [0.05, 0.1) is 11.7 Å². The van der Waals surface area contributed by atoms with E-state index in [1.165, 1.54) is 75.7 Å². The molecule has 10 rings (SSSR count). The van der Waals surface area contributed by atoms with Crippen LogP contribution in [-0.4, -0.2) is 25.4 Å². The normalized spacial score (nSPS) is 14.0. The SMILES string of the molecule is C=Nc1ccccc1C(c1cccc(-c2cccc(-c3ccccc3)c2)c1)n1c2c(c3ccccc31)CC(c1cccc3c1sc1ccccc13)C=C2.CNC. The molecule has 0 aliphatic heterocycles. The summed E-state index contributed by atoms with van der Waals surface area (Å²) in [6.07, 6.45) is 5.77. The van der Waals surface area contributed by atoms with Crippen LogP contribution in [0.3, 0.4) is 0 Å². The fourth-order valence-electron chi connectivity index (χ4n) is 8.52. The summed E-state index contributed by atoms with van der Waals surface area (Å²) < 4.78 is 5.30. The van der Waals surface area contributed by atoms with Gasteiger partial charge in [-0.05, 0) is 103 Å². The summed E-state index contributed by atoms with van der Waals surface area (Å²) in [5.41, 5.74) is 13.3. The van der Waals surface area contributed by atoms with Gasteiger partial charge in [0.1, 0.15) is 0 Å². The van der Waals surface area contributed by atoms with Gasteiger partial charge in [-0.15, -0.1) is 11.3 Å². The molecule has 4 heteroatoms. The maximum absolute atomic E-state index is 4.56. The number of hydrogen-bond acceptors (Lipinski definition) is 3. The van der Waals surface area contributed by atoms with Crippen molar-refractivity contribution in [3.05, 3.63) is 204 Å².